The van der Waals surface area contributed by atoms with Gasteiger partial charge in [0, 0.05) is 0 Å². The van der Waals surface area contributed by atoms with Gasteiger partial charge in [0.1, 0.15) is 0 Å². The van der Waals surface area contributed by atoms with E-state index in [-0.39, 0.29) is 0 Å². The zero-order valence-electron chi connectivity index (χ0n) is 6.20. The van der Waals surface area contributed by atoms with Crippen molar-refractivity contribution in [1.29, 1.82) is 0 Å². The molecule has 0 aromatic carbocycles. The van der Waals surface area contributed by atoms with E-state index in [9.17, 15) is 0 Å². The quantitative estimate of drug-likeness (QED) is 0.627. The maximum atomic E-state index is 2.23. The van der Waals surface area contributed by atoms with Crippen LogP contribution < -0.4 is 0 Å². The molecule has 11 heavy (non-hydrogen) atoms. The van der Waals surface area contributed by atoms with Gasteiger partial charge in [-0.2, -0.15) is 0 Å². The van der Waals surface area contributed by atoms with Crippen molar-refractivity contribution in [2.75, 3.05) is 0 Å². The summed E-state index contributed by atoms with van der Waals surface area (Å²) in [5.41, 5.74) is 0. The SMILES string of the molecule is [Pb][CH]1C=CC=C1.c1cc[pH]c1. The average molecular weight is 356 g/mol. The summed E-state index contributed by atoms with van der Waals surface area (Å²) >= 11 is 1.28. The Balaban J connectivity index is 0.000000112. The minimum Gasteiger partial charge on any atom is -0.140 e. The van der Waals surface area contributed by atoms with Crippen LogP contribution in [0.15, 0.2) is 48.0 Å². The smallest absolute Gasteiger partial charge is 0.0454 e. The number of rotatable bonds is 0. The molecular weight excluding hydrogens is 346 g/mol. The molecular formula is C9H10PPb. The third kappa shape index (κ3) is 4.59. The summed E-state index contributed by atoms with van der Waals surface area (Å²) in [6, 6.07) is 4.14. The van der Waals surface area contributed by atoms with Gasteiger partial charge in [-0.25, -0.2) is 0 Å². The van der Waals surface area contributed by atoms with E-state index in [1.807, 2.05) is 0 Å². The van der Waals surface area contributed by atoms with Gasteiger partial charge < -0.3 is 0 Å². The summed E-state index contributed by atoms with van der Waals surface area (Å²) in [4.78, 5) is 0. The standard InChI is InChI=1S/C5H5.C4H5P.Pb/c2*1-2-4-5-3-1;/h2*1-5H;. The van der Waals surface area contributed by atoms with Gasteiger partial charge in [0.15, 0.2) is 0 Å². The van der Waals surface area contributed by atoms with Crippen LogP contribution in [0.25, 0.3) is 0 Å². The molecule has 0 saturated carbocycles. The normalized spacial score (nSPS) is 14.6. The number of allylic oxidation sites excluding steroid dienone is 4. The van der Waals surface area contributed by atoms with Crippen molar-refractivity contribution in [3.8, 4) is 0 Å². The predicted molar refractivity (Wildman–Crippen MR) is 53.7 cm³/mol. The molecule has 0 fully saturated rings. The summed E-state index contributed by atoms with van der Waals surface area (Å²) in [5, 5.41) is 0. The van der Waals surface area contributed by atoms with Gasteiger partial charge in [-0.05, 0) is 11.6 Å². The fourth-order valence-corrected chi connectivity index (χ4v) is 2.13. The Hall–Kier alpha value is 0.182. The van der Waals surface area contributed by atoms with Gasteiger partial charge in [-0.3, -0.25) is 0 Å². The van der Waals surface area contributed by atoms with Gasteiger partial charge in [-0.15, -0.1) is 8.19 Å². The molecule has 0 aliphatic heterocycles. The van der Waals surface area contributed by atoms with E-state index >= 15 is 0 Å². The minimum atomic E-state index is 0.824. The molecule has 1 aliphatic rings. The summed E-state index contributed by atoms with van der Waals surface area (Å²) in [7, 11) is 0.948. The summed E-state index contributed by atoms with van der Waals surface area (Å²) < 4.78 is 0.824. The molecule has 1 aliphatic carbocycles. The Morgan fingerprint density at radius 1 is 1.00 bits per heavy atom. The molecule has 1 aromatic heterocycles. The zero-order valence-corrected chi connectivity index (χ0v) is 11.1. The van der Waals surface area contributed by atoms with Gasteiger partial charge >= 0.3 is 53.5 Å². The first-order chi connectivity index (χ1) is 5.39. The molecule has 1 aromatic rings. The van der Waals surface area contributed by atoms with Crippen LogP contribution in [-0.2, 0) is 0 Å². The predicted octanol–water partition coefficient (Wildman–Crippen LogP) is 2.79. The summed E-state index contributed by atoms with van der Waals surface area (Å²) in [5.74, 6) is 4.31. The largest absolute Gasteiger partial charge is 0.140 e. The van der Waals surface area contributed by atoms with Gasteiger partial charge in [0.25, 0.3) is 0 Å². The van der Waals surface area contributed by atoms with E-state index in [2.05, 4.69) is 48.0 Å². The van der Waals surface area contributed by atoms with Crippen LogP contribution in [0.1, 0.15) is 0 Å². The molecule has 0 spiro atoms. The molecule has 2 rings (SSSR count). The Kier molecular flexibility index (Phi) is 4.88. The Morgan fingerprint density at radius 2 is 1.55 bits per heavy atom. The molecule has 1 heterocycles. The van der Waals surface area contributed by atoms with Crippen molar-refractivity contribution in [3.63, 3.8) is 0 Å². The Labute approximate surface area is 85.2 Å². The van der Waals surface area contributed by atoms with Crippen LogP contribution in [0.3, 0.4) is 0 Å². The summed E-state index contributed by atoms with van der Waals surface area (Å²) in [6.45, 7) is 0. The van der Waals surface area contributed by atoms with E-state index in [4.69, 9.17) is 0 Å². The fraction of sp³-hybridized carbons (Fsp3) is 0.111. The molecule has 0 unspecified atom stereocenters. The third-order valence-corrected chi connectivity index (χ3v) is 3.51. The van der Waals surface area contributed by atoms with E-state index in [0.717, 1.165) is 11.7 Å². The Bertz CT molecular complexity index is 195. The van der Waals surface area contributed by atoms with Crippen molar-refractivity contribution < 1.29 is 0 Å². The fourth-order valence-electron chi connectivity index (χ4n) is 0.710. The van der Waals surface area contributed by atoms with Crippen molar-refractivity contribution in [2.45, 2.75) is 3.48 Å². The maximum Gasteiger partial charge on any atom is -0.0454 e. The van der Waals surface area contributed by atoms with Crippen LogP contribution in [0, 0.1) is 0 Å². The third-order valence-electron chi connectivity index (χ3n) is 1.24. The number of hydrogen-bond donors (Lipinski definition) is 0. The second kappa shape index (κ2) is 5.78. The summed E-state index contributed by atoms with van der Waals surface area (Å²) in [6.07, 6.45) is 8.67. The molecule has 0 amide bonds. The Morgan fingerprint density at radius 3 is 1.73 bits per heavy atom. The molecule has 3 radical (unpaired) electrons. The van der Waals surface area contributed by atoms with Crippen LogP contribution >= 0.6 is 8.19 Å². The molecule has 2 heteroatoms. The van der Waals surface area contributed by atoms with Gasteiger partial charge in [-0.1, -0.05) is 12.1 Å². The van der Waals surface area contributed by atoms with E-state index < -0.39 is 0 Å². The first-order valence-electron chi connectivity index (χ1n) is 3.53. The van der Waals surface area contributed by atoms with Gasteiger partial charge in [0.05, 0.1) is 0 Å². The van der Waals surface area contributed by atoms with Crippen molar-refractivity contribution in [3.05, 3.63) is 48.0 Å². The topological polar surface area (TPSA) is 0 Å². The average Bonchev–Trinajstić information content (AvgIpc) is 2.57. The van der Waals surface area contributed by atoms with Crippen LogP contribution in [0.4, 0.5) is 0 Å². The van der Waals surface area contributed by atoms with Crippen molar-refractivity contribution in [1.82, 2.24) is 0 Å². The molecule has 0 N–H and O–H groups in total. The van der Waals surface area contributed by atoms with Crippen molar-refractivity contribution in [2.24, 2.45) is 0 Å². The zero-order chi connectivity index (χ0) is 7.94. The second-order valence-electron chi connectivity index (χ2n) is 2.18. The van der Waals surface area contributed by atoms with E-state index in [1.54, 1.807) is 0 Å². The monoisotopic (exact) mass is 357 g/mol. The molecule has 0 atom stereocenters. The minimum absolute atomic E-state index is 0.824. The van der Waals surface area contributed by atoms with Crippen LogP contribution in [0.5, 0.6) is 0 Å². The van der Waals surface area contributed by atoms with E-state index in [0.29, 0.717) is 0 Å². The van der Waals surface area contributed by atoms with Crippen LogP contribution in [-0.4, -0.2) is 25.8 Å². The molecule has 55 valence electrons. The molecule has 0 bridgehead atoms. The number of hydrogen-bond acceptors (Lipinski definition) is 0. The first kappa shape index (κ1) is 9.27. The van der Waals surface area contributed by atoms with Crippen molar-refractivity contribution >= 4 is 34.0 Å². The van der Waals surface area contributed by atoms with Gasteiger partial charge in [0.2, 0.25) is 0 Å². The maximum absolute atomic E-state index is 2.23. The van der Waals surface area contributed by atoms with E-state index in [1.165, 1.54) is 25.8 Å². The first-order valence-corrected chi connectivity index (χ1v) is 6.93. The molecule has 0 saturated heterocycles. The molecule has 0 nitrogen and oxygen atoms in total. The van der Waals surface area contributed by atoms with Crippen LogP contribution in [0.2, 0.25) is 3.48 Å². The second-order valence-corrected chi connectivity index (χ2v) is 5.77.